The van der Waals surface area contributed by atoms with Crippen LogP contribution in [0.2, 0.25) is 0 Å². The Kier molecular flexibility index (Phi) is 3.16. The molecule has 15 heavy (non-hydrogen) atoms. The Bertz CT molecular complexity index is 337. The summed E-state index contributed by atoms with van der Waals surface area (Å²) in [7, 11) is 3.60. The summed E-state index contributed by atoms with van der Waals surface area (Å²) in [6.07, 6.45) is 3.37. The maximum Gasteiger partial charge on any atom is 0.216 e. The largest absolute Gasteiger partial charge is 0.481 e. The molecule has 0 spiro atoms. The van der Waals surface area contributed by atoms with Crippen LogP contribution in [0.15, 0.2) is 6.07 Å². The number of nitrogens with one attached hydrogen (secondary N) is 1. The van der Waals surface area contributed by atoms with Crippen LogP contribution in [0.3, 0.4) is 0 Å². The Hall–Kier alpha value is -1.16. The summed E-state index contributed by atoms with van der Waals surface area (Å²) in [6.45, 7) is 0.935. The second-order valence-electron chi connectivity index (χ2n) is 3.89. The van der Waals surface area contributed by atoms with E-state index < -0.39 is 0 Å². The van der Waals surface area contributed by atoms with Crippen molar-refractivity contribution in [3.63, 3.8) is 0 Å². The Labute approximate surface area is 90.1 Å². The first kappa shape index (κ1) is 10.4. The fourth-order valence-corrected chi connectivity index (χ4v) is 1.50. The number of aromatic nitrogens is 2. The van der Waals surface area contributed by atoms with E-state index in [0.29, 0.717) is 11.8 Å². The number of ether oxygens (including phenoxy) is 1. The van der Waals surface area contributed by atoms with E-state index in [1.807, 2.05) is 13.1 Å². The van der Waals surface area contributed by atoms with Gasteiger partial charge in [-0.05, 0) is 19.9 Å². The van der Waals surface area contributed by atoms with Crippen LogP contribution >= 0.6 is 0 Å². The molecule has 0 radical (unpaired) electrons. The minimum absolute atomic E-state index is 0.577. The lowest BCUT2D eigenvalue weighted by Crippen LogP contribution is -2.12. The Balaban J connectivity index is 2.16. The van der Waals surface area contributed by atoms with Gasteiger partial charge in [-0.25, -0.2) is 4.98 Å². The molecule has 0 aliphatic heterocycles. The molecule has 1 N–H and O–H groups in total. The summed E-state index contributed by atoms with van der Waals surface area (Å²) in [4.78, 5) is 8.92. The summed E-state index contributed by atoms with van der Waals surface area (Å²) in [6, 6.07) is 1.92. The van der Waals surface area contributed by atoms with E-state index in [1.165, 1.54) is 12.8 Å². The number of rotatable bonds is 5. The third kappa shape index (κ3) is 2.65. The number of hydrogen-bond acceptors (Lipinski definition) is 4. The molecule has 1 heterocycles. The number of hydrogen-bond donors (Lipinski definition) is 1. The van der Waals surface area contributed by atoms with Crippen molar-refractivity contribution in [1.29, 1.82) is 0 Å². The second-order valence-corrected chi connectivity index (χ2v) is 3.89. The van der Waals surface area contributed by atoms with Crippen LogP contribution < -0.4 is 10.1 Å². The van der Waals surface area contributed by atoms with E-state index in [-0.39, 0.29) is 0 Å². The first-order valence-electron chi connectivity index (χ1n) is 5.40. The van der Waals surface area contributed by atoms with Gasteiger partial charge in [0.1, 0.15) is 5.82 Å². The van der Waals surface area contributed by atoms with Crippen LogP contribution in [0, 0.1) is 0 Å². The minimum atomic E-state index is 0.577. The molecule has 1 fully saturated rings. The van der Waals surface area contributed by atoms with Crippen molar-refractivity contribution in [1.82, 2.24) is 15.3 Å². The predicted octanol–water partition coefficient (Wildman–Crippen LogP) is 1.12. The Morgan fingerprint density at radius 2 is 2.27 bits per heavy atom. The van der Waals surface area contributed by atoms with E-state index in [1.54, 1.807) is 7.11 Å². The van der Waals surface area contributed by atoms with Gasteiger partial charge >= 0.3 is 0 Å². The smallest absolute Gasteiger partial charge is 0.216 e. The van der Waals surface area contributed by atoms with Gasteiger partial charge in [-0.3, -0.25) is 0 Å². The lowest BCUT2D eigenvalue weighted by atomic mass is 10.2. The summed E-state index contributed by atoms with van der Waals surface area (Å²) in [5, 5.41) is 3.12. The van der Waals surface area contributed by atoms with Crippen molar-refractivity contribution in [2.75, 3.05) is 20.7 Å². The second kappa shape index (κ2) is 4.57. The van der Waals surface area contributed by atoms with E-state index in [9.17, 15) is 0 Å². The fraction of sp³-hybridized carbons (Fsp3) is 0.636. The minimum Gasteiger partial charge on any atom is -0.481 e. The van der Waals surface area contributed by atoms with E-state index in [2.05, 4.69) is 15.3 Å². The maximum atomic E-state index is 5.18. The first-order chi connectivity index (χ1) is 7.33. The molecule has 0 unspecified atom stereocenters. The molecule has 4 nitrogen and oxygen atoms in total. The molecule has 1 saturated carbocycles. The van der Waals surface area contributed by atoms with Crippen molar-refractivity contribution < 1.29 is 4.74 Å². The van der Waals surface area contributed by atoms with E-state index >= 15 is 0 Å². The van der Waals surface area contributed by atoms with Gasteiger partial charge in [0.05, 0.1) is 7.11 Å². The highest BCUT2D eigenvalue weighted by molar-refractivity contribution is 5.20. The highest BCUT2D eigenvalue weighted by Gasteiger charge is 2.27. The van der Waals surface area contributed by atoms with Crippen molar-refractivity contribution in [2.24, 2.45) is 0 Å². The van der Waals surface area contributed by atoms with Gasteiger partial charge in [-0.2, -0.15) is 4.98 Å². The van der Waals surface area contributed by atoms with Crippen LogP contribution in [0.25, 0.3) is 0 Å². The zero-order valence-electron chi connectivity index (χ0n) is 9.29. The van der Waals surface area contributed by atoms with Crippen LogP contribution in [0.5, 0.6) is 5.88 Å². The van der Waals surface area contributed by atoms with Gasteiger partial charge in [0.2, 0.25) is 5.88 Å². The van der Waals surface area contributed by atoms with Gasteiger partial charge in [0, 0.05) is 30.6 Å². The van der Waals surface area contributed by atoms with Gasteiger partial charge < -0.3 is 10.1 Å². The van der Waals surface area contributed by atoms with Crippen molar-refractivity contribution in [3.05, 3.63) is 17.6 Å². The van der Waals surface area contributed by atoms with Crippen molar-refractivity contribution >= 4 is 0 Å². The number of likely N-dealkylation sites (N-methyl/N-ethyl adjacent to an activating group) is 1. The molecule has 1 aromatic heterocycles. The summed E-state index contributed by atoms with van der Waals surface area (Å²) in [5.74, 6) is 2.23. The molecule has 1 aliphatic carbocycles. The summed E-state index contributed by atoms with van der Waals surface area (Å²) < 4.78 is 5.18. The highest BCUT2D eigenvalue weighted by Crippen LogP contribution is 2.38. The molecule has 0 atom stereocenters. The predicted molar refractivity (Wildman–Crippen MR) is 58.2 cm³/mol. The zero-order chi connectivity index (χ0) is 10.7. The van der Waals surface area contributed by atoms with Crippen LogP contribution in [-0.4, -0.2) is 30.7 Å². The molecule has 4 heteroatoms. The topological polar surface area (TPSA) is 47.0 Å². The molecule has 0 aromatic carbocycles. The molecule has 0 bridgehead atoms. The quantitative estimate of drug-likeness (QED) is 0.786. The maximum absolute atomic E-state index is 5.18. The Morgan fingerprint density at radius 1 is 1.47 bits per heavy atom. The molecule has 0 amide bonds. The SMILES string of the molecule is CNCCc1cc(OC)nc(C2CC2)n1. The molecule has 1 aromatic rings. The molecular weight excluding hydrogens is 190 g/mol. The average molecular weight is 207 g/mol. The van der Waals surface area contributed by atoms with Crippen LogP contribution in [0.1, 0.15) is 30.3 Å². The molecule has 1 aliphatic rings. The van der Waals surface area contributed by atoms with Gasteiger partial charge in [-0.15, -0.1) is 0 Å². The lowest BCUT2D eigenvalue weighted by Gasteiger charge is -2.06. The summed E-state index contributed by atoms with van der Waals surface area (Å²) >= 11 is 0. The molecular formula is C11H17N3O. The van der Waals surface area contributed by atoms with Gasteiger partial charge in [-0.1, -0.05) is 0 Å². The first-order valence-corrected chi connectivity index (χ1v) is 5.40. The highest BCUT2D eigenvalue weighted by atomic mass is 16.5. The molecule has 2 rings (SSSR count). The van der Waals surface area contributed by atoms with Crippen LogP contribution in [-0.2, 0) is 6.42 Å². The summed E-state index contributed by atoms with van der Waals surface area (Å²) in [5.41, 5.74) is 1.07. The normalized spacial score (nSPS) is 15.3. The lowest BCUT2D eigenvalue weighted by molar-refractivity contribution is 0.393. The standard InChI is InChI=1S/C11H17N3O/c1-12-6-5-9-7-10(15-2)14-11(13-9)8-3-4-8/h7-8,12H,3-6H2,1-2H3. The number of methoxy groups -OCH3 is 1. The van der Waals surface area contributed by atoms with E-state index in [4.69, 9.17) is 4.74 Å². The van der Waals surface area contributed by atoms with Crippen molar-refractivity contribution in [3.8, 4) is 5.88 Å². The average Bonchev–Trinajstić information content (AvgIpc) is 3.09. The molecule has 82 valence electrons. The Morgan fingerprint density at radius 3 is 2.87 bits per heavy atom. The fourth-order valence-electron chi connectivity index (χ4n) is 1.50. The van der Waals surface area contributed by atoms with Gasteiger partial charge in [0.15, 0.2) is 0 Å². The number of nitrogens with zero attached hydrogens (tertiary/aromatic N) is 2. The zero-order valence-corrected chi connectivity index (χ0v) is 9.29. The van der Waals surface area contributed by atoms with Gasteiger partial charge in [0.25, 0.3) is 0 Å². The molecule has 0 saturated heterocycles. The van der Waals surface area contributed by atoms with Crippen LogP contribution in [0.4, 0.5) is 0 Å². The third-order valence-electron chi connectivity index (χ3n) is 2.56. The van der Waals surface area contributed by atoms with E-state index in [0.717, 1.165) is 24.5 Å². The monoisotopic (exact) mass is 207 g/mol. The third-order valence-corrected chi connectivity index (χ3v) is 2.56. The van der Waals surface area contributed by atoms with Crippen molar-refractivity contribution in [2.45, 2.75) is 25.2 Å².